The number of thiophene rings is 1. The second kappa shape index (κ2) is 6.41. The lowest BCUT2D eigenvalue weighted by molar-refractivity contribution is 0.0935. The van der Waals surface area contributed by atoms with Crippen molar-refractivity contribution >= 4 is 17.2 Å². The van der Waals surface area contributed by atoms with E-state index in [0.717, 1.165) is 31.5 Å². The summed E-state index contributed by atoms with van der Waals surface area (Å²) in [6.45, 7) is 3.91. The van der Waals surface area contributed by atoms with Gasteiger partial charge in [0.05, 0.1) is 6.04 Å². The second-order valence-corrected chi connectivity index (χ2v) is 6.30. The molecule has 0 spiro atoms. The van der Waals surface area contributed by atoms with Gasteiger partial charge in [-0.25, -0.2) is 0 Å². The highest BCUT2D eigenvalue weighted by Gasteiger charge is 2.20. The molecule has 1 aliphatic rings. The van der Waals surface area contributed by atoms with Gasteiger partial charge in [0.15, 0.2) is 0 Å². The molecule has 3 nitrogen and oxygen atoms in total. The lowest BCUT2D eigenvalue weighted by Crippen LogP contribution is -2.31. The third-order valence-corrected chi connectivity index (χ3v) is 4.97. The normalized spacial score (nSPS) is 15.3. The van der Waals surface area contributed by atoms with Crippen LogP contribution in [0.4, 0.5) is 0 Å². The number of nitrogens with one attached hydrogen (secondary N) is 2. The van der Waals surface area contributed by atoms with E-state index in [9.17, 15) is 4.79 Å². The molecule has 0 saturated carbocycles. The maximum absolute atomic E-state index is 12.7. The summed E-state index contributed by atoms with van der Waals surface area (Å²) in [6, 6.07) is 10.3. The summed E-state index contributed by atoms with van der Waals surface area (Å²) < 4.78 is 0. The molecule has 110 valence electrons. The Morgan fingerprint density at radius 3 is 3.05 bits per heavy atom. The summed E-state index contributed by atoms with van der Waals surface area (Å²) >= 11 is 1.70. The van der Waals surface area contributed by atoms with E-state index in [1.807, 2.05) is 18.2 Å². The first kappa shape index (κ1) is 14.3. The van der Waals surface area contributed by atoms with Crippen molar-refractivity contribution in [2.75, 3.05) is 6.54 Å². The van der Waals surface area contributed by atoms with Gasteiger partial charge >= 0.3 is 0 Å². The largest absolute Gasteiger partial charge is 0.344 e. The molecule has 0 saturated heterocycles. The molecular weight excluding hydrogens is 280 g/mol. The van der Waals surface area contributed by atoms with Crippen molar-refractivity contribution in [3.8, 4) is 0 Å². The fourth-order valence-electron chi connectivity index (χ4n) is 2.84. The first-order valence-electron chi connectivity index (χ1n) is 7.45. The molecule has 1 aromatic heterocycles. The van der Waals surface area contributed by atoms with Crippen LogP contribution in [0.15, 0.2) is 35.7 Å². The van der Waals surface area contributed by atoms with Crippen LogP contribution in [0.1, 0.15) is 45.7 Å². The topological polar surface area (TPSA) is 41.1 Å². The standard InChI is InChI=1S/C17H20N2OS/c1-2-15(16-7-4-10-21-16)19-17(20)14-6-3-5-12-11-18-9-8-13(12)14/h3-7,10,15,18H,2,8-9,11H2,1H3,(H,19,20). The Labute approximate surface area is 129 Å². The monoisotopic (exact) mass is 300 g/mol. The number of carbonyl (C=O) groups is 1. The highest BCUT2D eigenvalue weighted by atomic mass is 32.1. The molecule has 0 radical (unpaired) electrons. The third kappa shape index (κ3) is 3.01. The molecule has 1 amide bonds. The SMILES string of the molecule is CCC(NC(=O)c1cccc2c1CCNC2)c1cccs1. The fraction of sp³-hybridized carbons (Fsp3) is 0.353. The van der Waals surface area contributed by atoms with Crippen LogP contribution in [0.2, 0.25) is 0 Å². The minimum absolute atomic E-state index is 0.0500. The van der Waals surface area contributed by atoms with E-state index >= 15 is 0 Å². The molecule has 0 fully saturated rings. The zero-order valence-corrected chi connectivity index (χ0v) is 13.0. The third-order valence-electron chi connectivity index (χ3n) is 3.99. The van der Waals surface area contributed by atoms with Gasteiger partial charge in [0.2, 0.25) is 0 Å². The number of carbonyl (C=O) groups excluding carboxylic acids is 1. The zero-order chi connectivity index (χ0) is 14.7. The van der Waals surface area contributed by atoms with Crippen molar-refractivity contribution in [1.29, 1.82) is 0 Å². The number of hydrogen-bond acceptors (Lipinski definition) is 3. The molecule has 1 atom stereocenters. The molecule has 3 rings (SSSR count). The molecule has 1 unspecified atom stereocenters. The van der Waals surface area contributed by atoms with Gasteiger partial charge in [0, 0.05) is 17.0 Å². The van der Waals surface area contributed by atoms with Gasteiger partial charge < -0.3 is 10.6 Å². The van der Waals surface area contributed by atoms with Crippen molar-refractivity contribution in [3.05, 3.63) is 57.3 Å². The van der Waals surface area contributed by atoms with Crippen LogP contribution in [0.5, 0.6) is 0 Å². The fourth-order valence-corrected chi connectivity index (χ4v) is 3.71. The van der Waals surface area contributed by atoms with Gasteiger partial charge in [-0.3, -0.25) is 4.79 Å². The Morgan fingerprint density at radius 1 is 1.38 bits per heavy atom. The van der Waals surface area contributed by atoms with Gasteiger partial charge in [-0.1, -0.05) is 25.1 Å². The van der Waals surface area contributed by atoms with Crippen LogP contribution < -0.4 is 10.6 Å². The van der Waals surface area contributed by atoms with Gasteiger partial charge in [0.1, 0.15) is 0 Å². The minimum Gasteiger partial charge on any atom is -0.344 e. The summed E-state index contributed by atoms with van der Waals surface area (Å²) in [5.41, 5.74) is 3.29. The lowest BCUT2D eigenvalue weighted by Gasteiger charge is -2.21. The van der Waals surface area contributed by atoms with E-state index < -0.39 is 0 Å². The van der Waals surface area contributed by atoms with Crippen molar-refractivity contribution in [1.82, 2.24) is 10.6 Å². The van der Waals surface area contributed by atoms with Crippen LogP contribution >= 0.6 is 11.3 Å². The number of benzene rings is 1. The van der Waals surface area contributed by atoms with E-state index in [1.165, 1.54) is 16.0 Å². The van der Waals surface area contributed by atoms with Crippen LogP contribution in [0, 0.1) is 0 Å². The molecule has 0 aliphatic carbocycles. The minimum atomic E-state index is 0.0500. The van der Waals surface area contributed by atoms with Crippen LogP contribution in [0.3, 0.4) is 0 Å². The van der Waals surface area contributed by atoms with E-state index in [1.54, 1.807) is 11.3 Å². The quantitative estimate of drug-likeness (QED) is 0.910. The van der Waals surface area contributed by atoms with E-state index in [0.29, 0.717) is 0 Å². The van der Waals surface area contributed by atoms with E-state index in [-0.39, 0.29) is 11.9 Å². The molecule has 1 aliphatic heterocycles. The van der Waals surface area contributed by atoms with Gasteiger partial charge in [0.25, 0.3) is 5.91 Å². The smallest absolute Gasteiger partial charge is 0.252 e. The van der Waals surface area contributed by atoms with Crippen LogP contribution in [-0.2, 0) is 13.0 Å². The molecular formula is C17H20N2OS. The maximum atomic E-state index is 12.7. The van der Waals surface area contributed by atoms with E-state index in [4.69, 9.17) is 0 Å². The summed E-state index contributed by atoms with van der Waals surface area (Å²) in [4.78, 5) is 13.9. The molecule has 4 heteroatoms. The molecule has 1 aromatic carbocycles. The highest BCUT2D eigenvalue weighted by Crippen LogP contribution is 2.24. The molecule has 2 N–H and O–H groups in total. The van der Waals surface area contributed by atoms with Gasteiger partial charge in [-0.05, 0) is 48.0 Å². The Hall–Kier alpha value is -1.65. The first-order chi connectivity index (χ1) is 10.3. The first-order valence-corrected chi connectivity index (χ1v) is 8.33. The van der Waals surface area contributed by atoms with Crippen molar-refractivity contribution in [3.63, 3.8) is 0 Å². The summed E-state index contributed by atoms with van der Waals surface area (Å²) in [5.74, 6) is 0.0500. The van der Waals surface area contributed by atoms with Crippen LogP contribution in [0.25, 0.3) is 0 Å². The average molecular weight is 300 g/mol. The van der Waals surface area contributed by atoms with Crippen molar-refractivity contribution < 1.29 is 4.79 Å². The summed E-state index contributed by atoms with van der Waals surface area (Å²) in [7, 11) is 0. The second-order valence-electron chi connectivity index (χ2n) is 5.32. The predicted octanol–water partition coefficient (Wildman–Crippen LogP) is 3.27. The Kier molecular flexibility index (Phi) is 4.36. The zero-order valence-electron chi connectivity index (χ0n) is 12.2. The molecule has 2 heterocycles. The number of rotatable bonds is 4. The van der Waals surface area contributed by atoms with Crippen LogP contribution in [-0.4, -0.2) is 12.5 Å². The lowest BCUT2D eigenvalue weighted by atomic mass is 9.95. The Morgan fingerprint density at radius 2 is 2.29 bits per heavy atom. The van der Waals surface area contributed by atoms with Gasteiger partial charge in [-0.2, -0.15) is 0 Å². The number of amides is 1. The van der Waals surface area contributed by atoms with Crippen molar-refractivity contribution in [2.45, 2.75) is 32.4 Å². The molecule has 21 heavy (non-hydrogen) atoms. The molecule has 0 bridgehead atoms. The maximum Gasteiger partial charge on any atom is 0.252 e. The highest BCUT2D eigenvalue weighted by molar-refractivity contribution is 7.10. The van der Waals surface area contributed by atoms with E-state index in [2.05, 4.69) is 35.1 Å². The van der Waals surface area contributed by atoms with Crippen molar-refractivity contribution in [2.24, 2.45) is 0 Å². The summed E-state index contributed by atoms with van der Waals surface area (Å²) in [6.07, 6.45) is 1.83. The summed E-state index contributed by atoms with van der Waals surface area (Å²) in [5, 5.41) is 8.59. The number of hydrogen-bond donors (Lipinski definition) is 2. The Balaban J connectivity index is 1.82. The molecule has 2 aromatic rings. The average Bonchev–Trinajstić information content (AvgIpc) is 3.06. The predicted molar refractivity (Wildman–Crippen MR) is 86.7 cm³/mol. The number of fused-ring (bicyclic) bond motifs is 1. The Bertz CT molecular complexity index is 622. The van der Waals surface area contributed by atoms with Gasteiger partial charge in [-0.15, -0.1) is 11.3 Å².